The predicted octanol–water partition coefficient (Wildman–Crippen LogP) is 2.99. The molecule has 0 radical (unpaired) electrons. The summed E-state index contributed by atoms with van der Waals surface area (Å²) in [6, 6.07) is 2.78. The molecule has 2 aromatic heterocycles. The molecule has 0 saturated heterocycles. The average Bonchev–Trinajstić information content (AvgIpc) is 2.99. The third-order valence-electron chi connectivity index (χ3n) is 3.44. The van der Waals surface area contributed by atoms with Crippen LogP contribution in [0.15, 0.2) is 12.3 Å². The molecule has 0 amide bonds. The van der Waals surface area contributed by atoms with Crippen molar-refractivity contribution >= 4 is 11.3 Å². The summed E-state index contributed by atoms with van der Waals surface area (Å²) in [5.41, 5.74) is 2.24. The number of thiazole rings is 1. The van der Waals surface area contributed by atoms with Gasteiger partial charge in [-0.25, -0.2) is 4.98 Å². The zero-order valence-corrected chi connectivity index (χ0v) is 13.2. The summed E-state index contributed by atoms with van der Waals surface area (Å²) in [5.74, 6) is 0.633. The number of aryl methyl sites for hydroxylation is 1. The van der Waals surface area contributed by atoms with Gasteiger partial charge in [-0.15, -0.1) is 11.3 Å². The zero-order chi connectivity index (χ0) is 14.1. The van der Waals surface area contributed by atoms with Crippen LogP contribution in [0.4, 0.5) is 0 Å². The average molecular weight is 290 g/mol. The van der Waals surface area contributed by atoms with Crippen LogP contribution < -0.4 is 5.32 Å². The van der Waals surface area contributed by atoms with Crippen molar-refractivity contribution in [2.75, 3.05) is 0 Å². The monoisotopic (exact) mass is 290 g/mol. The third kappa shape index (κ3) is 3.27. The first kappa shape index (κ1) is 13.8. The van der Waals surface area contributed by atoms with Gasteiger partial charge in [0.15, 0.2) is 0 Å². The van der Waals surface area contributed by atoms with E-state index in [1.165, 1.54) is 23.4 Å². The Morgan fingerprint density at radius 2 is 2.25 bits per heavy atom. The molecule has 1 aliphatic carbocycles. The molecule has 2 aromatic rings. The summed E-state index contributed by atoms with van der Waals surface area (Å²) in [7, 11) is 1.95. The molecule has 1 aliphatic rings. The van der Waals surface area contributed by atoms with Crippen molar-refractivity contribution in [3.63, 3.8) is 0 Å². The van der Waals surface area contributed by atoms with Crippen molar-refractivity contribution in [2.45, 2.75) is 45.7 Å². The van der Waals surface area contributed by atoms with E-state index in [0.29, 0.717) is 5.92 Å². The van der Waals surface area contributed by atoms with Gasteiger partial charge in [0, 0.05) is 30.7 Å². The van der Waals surface area contributed by atoms with Crippen molar-refractivity contribution < 1.29 is 0 Å². The minimum atomic E-state index is 0.633. The summed E-state index contributed by atoms with van der Waals surface area (Å²) in [6.07, 6.45) is 5.67. The molecule has 108 valence electrons. The molecule has 4 nitrogen and oxygen atoms in total. The van der Waals surface area contributed by atoms with E-state index in [-0.39, 0.29) is 0 Å². The van der Waals surface area contributed by atoms with Gasteiger partial charge in [-0.2, -0.15) is 5.10 Å². The molecule has 1 N–H and O–H groups in total. The van der Waals surface area contributed by atoms with Crippen LogP contribution in [-0.4, -0.2) is 20.8 Å². The Hall–Kier alpha value is -1.20. The number of aromatic nitrogens is 3. The highest BCUT2D eigenvalue weighted by molar-refractivity contribution is 7.15. The van der Waals surface area contributed by atoms with Gasteiger partial charge < -0.3 is 5.32 Å². The highest BCUT2D eigenvalue weighted by atomic mass is 32.1. The van der Waals surface area contributed by atoms with E-state index in [4.69, 9.17) is 4.98 Å². The second-order valence-corrected chi connectivity index (χ2v) is 7.10. The molecular weight excluding hydrogens is 268 g/mol. The van der Waals surface area contributed by atoms with Crippen molar-refractivity contribution in [1.29, 1.82) is 0 Å². The fourth-order valence-electron chi connectivity index (χ4n) is 2.23. The first-order valence-corrected chi connectivity index (χ1v) is 8.15. The lowest BCUT2D eigenvalue weighted by Gasteiger charge is -2.05. The highest BCUT2D eigenvalue weighted by Gasteiger charge is 2.22. The topological polar surface area (TPSA) is 42.7 Å². The molecular formula is C15H22N4S. The zero-order valence-electron chi connectivity index (χ0n) is 12.4. The lowest BCUT2D eigenvalue weighted by Crippen LogP contribution is -2.15. The molecule has 0 aliphatic heterocycles. The second-order valence-electron chi connectivity index (χ2n) is 6.02. The SMILES string of the molecule is CC(C)Cc1nc(-c2ccn(C)n2)sc1CNC1CC1. The smallest absolute Gasteiger partial charge is 0.144 e. The summed E-state index contributed by atoms with van der Waals surface area (Å²) in [4.78, 5) is 6.22. The van der Waals surface area contributed by atoms with Crippen LogP contribution in [-0.2, 0) is 20.0 Å². The van der Waals surface area contributed by atoms with Gasteiger partial charge in [0.1, 0.15) is 10.7 Å². The van der Waals surface area contributed by atoms with Gasteiger partial charge in [0.25, 0.3) is 0 Å². The normalized spacial score (nSPS) is 15.2. The van der Waals surface area contributed by atoms with Crippen molar-refractivity contribution in [3.05, 3.63) is 22.8 Å². The van der Waals surface area contributed by atoms with E-state index in [2.05, 4.69) is 24.3 Å². The van der Waals surface area contributed by atoms with Crippen LogP contribution in [0.5, 0.6) is 0 Å². The minimum absolute atomic E-state index is 0.633. The maximum atomic E-state index is 4.83. The van der Waals surface area contributed by atoms with Crippen LogP contribution in [0.1, 0.15) is 37.3 Å². The molecule has 0 spiro atoms. The molecule has 5 heteroatoms. The summed E-state index contributed by atoms with van der Waals surface area (Å²) in [6.45, 7) is 5.45. The summed E-state index contributed by atoms with van der Waals surface area (Å²) in [5, 5.41) is 9.12. The summed E-state index contributed by atoms with van der Waals surface area (Å²) >= 11 is 1.79. The Morgan fingerprint density at radius 3 is 2.85 bits per heavy atom. The largest absolute Gasteiger partial charge is 0.309 e. The van der Waals surface area contributed by atoms with Gasteiger partial charge in [-0.3, -0.25) is 4.68 Å². The molecule has 1 saturated carbocycles. The van der Waals surface area contributed by atoms with Crippen molar-refractivity contribution in [2.24, 2.45) is 13.0 Å². The predicted molar refractivity (Wildman–Crippen MR) is 82.7 cm³/mol. The van der Waals surface area contributed by atoms with Crippen LogP contribution in [0, 0.1) is 5.92 Å². The van der Waals surface area contributed by atoms with Gasteiger partial charge in [0.2, 0.25) is 0 Å². The van der Waals surface area contributed by atoms with Gasteiger partial charge in [-0.1, -0.05) is 13.8 Å². The molecule has 3 rings (SSSR count). The van der Waals surface area contributed by atoms with Gasteiger partial charge >= 0.3 is 0 Å². The maximum absolute atomic E-state index is 4.83. The van der Waals surface area contributed by atoms with Crippen LogP contribution in [0.25, 0.3) is 10.7 Å². The van der Waals surface area contributed by atoms with Gasteiger partial charge in [-0.05, 0) is 31.2 Å². The Balaban J connectivity index is 1.83. The fraction of sp³-hybridized carbons (Fsp3) is 0.600. The fourth-order valence-corrected chi connectivity index (χ4v) is 3.24. The van der Waals surface area contributed by atoms with Crippen LogP contribution in [0.2, 0.25) is 0 Å². The lowest BCUT2D eigenvalue weighted by molar-refractivity contribution is 0.624. The summed E-state index contributed by atoms with van der Waals surface area (Å²) < 4.78 is 1.83. The Bertz CT molecular complexity index is 580. The van der Waals surface area contributed by atoms with E-state index in [0.717, 1.165) is 29.7 Å². The first-order valence-electron chi connectivity index (χ1n) is 7.34. The quantitative estimate of drug-likeness (QED) is 0.889. The second kappa shape index (κ2) is 5.66. The van der Waals surface area contributed by atoms with E-state index < -0.39 is 0 Å². The Labute approximate surface area is 124 Å². The number of rotatable bonds is 6. The number of hydrogen-bond acceptors (Lipinski definition) is 4. The van der Waals surface area contributed by atoms with E-state index in [1.807, 2.05) is 24.0 Å². The van der Waals surface area contributed by atoms with E-state index in [1.54, 1.807) is 11.3 Å². The lowest BCUT2D eigenvalue weighted by atomic mass is 10.1. The van der Waals surface area contributed by atoms with Gasteiger partial charge in [0.05, 0.1) is 5.69 Å². The maximum Gasteiger partial charge on any atom is 0.144 e. The number of nitrogens with zero attached hydrogens (tertiary/aromatic N) is 3. The first-order chi connectivity index (χ1) is 9.61. The Kier molecular flexibility index (Phi) is 3.89. The molecule has 0 atom stereocenters. The Morgan fingerprint density at radius 1 is 1.45 bits per heavy atom. The van der Waals surface area contributed by atoms with Crippen molar-refractivity contribution in [3.8, 4) is 10.7 Å². The van der Waals surface area contributed by atoms with E-state index in [9.17, 15) is 0 Å². The van der Waals surface area contributed by atoms with Crippen LogP contribution in [0.3, 0.4) is 0 Å². The molecule has 0 unspecified atom stereocenters. The molecule has 2 heterocycles. The standard InChI is InChI=1S/C15H22N4S/c1-10(2)8-13-14(9-16-11-4-5-11)20-15(17-13)12-6-7-19(3)18-12/h6-7,10-11,16H,4-5,8-9H2,1-3H3. The molecule has 1 fully saturated rings. The number of hydrogen-bond donors (Lipinski definition) is 1. The number of nitrogens with one attached hydrogen (secondary N) is 1. The molecule has 0 aromatic carbocycles. The van der Waals surface area contributed by atoms with Crippen LogP contribution >= 0.6 is 11.3 Å². The molecule has 20 heavy (non-hydrogen) atoms. The van der Waals surface area contributed by atoms with Crippen molar-refractivity contribution in [1.82, 2.24) is 20.1 Å². The van der Waals surface area contributed by atoms with E-state index >= 15 is 0 Å². The highest BCUT2D eigenvalue weighted by Crippen LogP contribution is 2.29. The third-order valence-corrected chi connectivity index (χ3v) is 4.56. The minimum Gasteiger partial charge on any atom is -0.309 e. The molecule has 0 bridgehead atoms.